The Labute approximate surface area is 286 Å². The zero-order valence-electron chi connectivity index (χ0n) is 26.9. The third-order valence-corrected chi connectivity index (χ3v) is 13.8. The van der Waals surface area contributed by atoms with E-state index in [-0.39, 0.29) is 28.6 Å². The Balaban J connectivity index is 1.29. The van der Waals surface area contributed by atoms with Gasteiger partial charge in [-0.2, -0.15) is 0 Å². The van der Waals surface area contributed by atoms with Crippen molar-refractivity contribution in [2.24, 2.45) is 22.1 Å². The molecule has 2 bridgehead atoms. The summed E-state index contributed by atoms with van der Waals surface area (Å²) in [6, 6.07) is 11.1. The lowest BCUT2D eigenvalue weighted by molar-refractivity contribution is 0.0134. The van der Waals surface area contributed by atoms with E-state index >= 15 is 0 Å². The first-order valence-electron chi connectivity index (χ1n) is 16.7. The van der Waals surface area contributed by atoms with Crippen molar-refractivity contribution < 1.29 is 23.3 Å². The molecule has 0 unspecified atom stereocenters. The quantitative estimate of drug-likeness (QED) is 0.360. The van der Waals surface area contributed by atoms with Crippen LogP contribution in [0.2, 0.25) is 5.02 Å². The van der Waals surface area contributed by atoms with Crippen molar-refractivity contribution >= 4 is 50.9 Å². The fourth-order valence-corrected chi connectivity index (χ4v) is 10.9. The summed E-state index contributed by atoms with van der Waals surface area (Å²) in [6.45, 7) is 3.92. The third-order valence-electron chi connectivity index (χ3n) is 10.2. The minimum Gasteiger partial charge on any atom is -0.490 e. The number of nitrogens with one attached hydrogen (secondary N) is 2. The first-order chi connectivity index (χ1) is 22.6. The van der Waals surface area contributed by atoms with E-state index in [0.29, 0.717) is 42.7 Å². The number of nitrogens with zero attached hydrogens (tertiary/aromatic N) is 2. The van der Waals surface area contributed by atoms with E-state index in [1.807, 2.05) is 36.9 Å². The van der Waals surface area contributed by atoms with E-state index in [9.17, 15) is 13.8 Å². The van der Waals surface area contributed by atoms with Gasteiger partial charge in [-0.25, -0.2) is 9.00 Å². The minimum absolute atomic E-state index is 0.0400. The fraction of sp³-hybridized carbons (Fsp3) is 0.543. The van der Waals surface area contributed by atoms with Crippen LogP contribution in [0.3, 0.4) is 0 Å². The Bertz CT molecular complexity index is 1710. The number of hydrogen-bond acceptors (Lipinski definition) is 7. The summed E-state index contributed by atoms with van der Waals surface area (Å²) in [6.07, 6.45) is 9.70. The topological polar surface area (TPSA) is 109 Å². The van der Waals surface area contributed by atoms with Crippen LogP contribution in [0.25, 0.3) is 0 Å². The van der Waals surface area contributed by atoms with Gasteiger partial charge >= 0.3 is 6.03 Å². The van der Waals surface area contributed by atoms with Gasteiger partial charge in [-0.1, -0.05) is 36.7 Å². The average molecular weight is 699 g/mol. The number of aryl methyl sites for hydroxylation is 1. The number of halogens is 1. The lowest BCUT2D eigenvalue weighted by Gasteiger charge is -2.45. The normalized spacial score (nSPS) is 32.8. The number of carbonyl (C=O) groups is 2. The predicted octanol–water partition coefficient (Wildman–Crippen LogP) is 6.35. The van der Waals surface area contributed by atoms with E-state index < -0.39 is 21.9 Å². The molecule has 1 spiro atoms. The van der Waals surface area contributed by atoms with Crippen LogP contribution >= 0.6 is 23.4 Å². The lowest BCUT2D eigenvalue weighted by Crippen LogP contribution is -2.48. The average Bonchev–Trinajstić information content (AvgIpc) is 3.85. The zero-order valence-corrected chi connectivity index (χ0v) is 29.3. The van der Waals surface area contributed by atoms with Gasteiger partial charge in [0.25, 0.3) is 5.91 Å². The Kier molecular flexibility index (Phi) is 9.27. The Morgan fingerprint density at radius 2 is 2.04 bits per heavy atom. The molecular formula is C35H43ClN4O5S2. The second kappa shape index (κ2) is 13.3. The van der Waals surface area contributed by atoms with Gasteiger partial charge < -0.3 is 19.7 Å². The van der Waals surface area contributed by atoms with Crippen LogP contribution < -0.4 is 19.7 Å². The second-order valence-electron chi connectivity index (χ2n) is 13.8. The van der Waals surface area contributed by atoms with E-state index in [2.05, 4.69) is 43.6 Å². The molecule has 0 radical (unpaired) electrons. The third kappa shape index (κ3) is 7.05. The van der Waals surface area contributed by atoms with Crippen LogP contribution in [0.4, 0.5) is 10.5 Å². The Morgan fingerprint density at radius 3 is 2.81 bits per heavy atom. The molecule has 6 atom stereocenters. The van der Waals surface area contributed by atoms with Crippen molar-refractivity contribution in [3.8, 4) is 5.75 Å². The zero-order chi connectivity index (χ0) is 32.8. The van der Waals surface area contributed by atoms with Crippen LogP contribution in [-0.4, -0.2) is 66.6 Å². The molecule has 2 aromatic carbocycles. The number of urea groups is 1. The van der Waals surface area contributed by atoms with Gasteiger partial charge in [-0.15, -0.1) is 16.1 Å². The SMILES string of the molecule is CO[C@H]1/C=C/C[C@H](C)C[S@@](=O)(NC(=O)NC2CC2)=NC(=O)c2ccc3c(c2)N(C[C@@H]2CC[C@H]21)C[C@]1(CO3)SCCc2cc(Cl)ccc21. The molecule has 3 heterocycles. The number of anilines is 1. The molecule has 2 aromatic rings. The second-order valence-corrected chi connectivity index (χ2v) is 17.7. The van der Waals surface area contributed by atoms with Crippen LogP contribution in [0.15, 0.2) is 52.9 Å². The van der Waals surface area contributed by atoms with Gasteiger partial charge in [0.2, 0.25) is 0 Å². The number of fused-ring (bicyclic) bond motifs is 4. The summed E-state index contributed by atoms with van der Waals surface area (Å²) in [5.41, 5.74) is 3.64. The number of benzene rings is 2. The number of amides is 3. The molecule has 3 amide bonds. The van der Waals surface area contributed by atoms with Crippen LogP contribution in [-0.2, 0) is 25.8 Å². The number of rotatable bonds is 3. The molecule has 2 fully saturated rings. The molecule has 3 aliphatic heterocycles. The number of thioether (sulfide) groups is 1. The van der Waals surface area contributed by atoms with Gasteiger partial charge in [0.05, 0.1) is 22.3 Å². The number of allylic oxidation sites excluding steroid dienone is 1. The molecule has 9 nitrogen and oxygen atoms in total. The molecule has 7 rings (SSSR count). The van der Waals surface area contributed by atoms with E-state index in [0.717, 1.165) is 55.1 Å². The summed E-state index contributed by atoms with van der Waals surface area (Å²) in [4.78, 5) is 28.9. The monoisotopic (exact) mass is 698 g/mol. The van der Waals surface area contributed by atoms with E-state index in [1.54, 1.807) is 13.2 Å². The van der Waals surface area contributed by atoms with Gasteiger partial charge in [0.1, 0.15) is 22.3 Å². The van der Waals surface area contributed by atoms with E-state index in [1.165, 1.54) is 11.1 Å². The maximum absolute atomic E-state index is 14.2. The predicted molar refractivity (Wildman–Crippen MR) is 188 cm³/mol. The number of carbonyl (C=O) groups excluding carboxylic acids is 2. The molecule has 5 aliphatic rings. The first-order valence-corrected chi connectivity index (χ1v) is 19.7. The Hall–Kier alpha value is -2.73. The van der Waals surface area contributed by atoms with Crippen molar-refractivity contribution in [2.45, 2.75) is 62.3 Å². The van der Waals surface area contributed by atoms with Crippen molar-refractivity contribution in [3.05, 3.63) is 70.3 Å². The first kappa shape index (κ1) is 32.8. The molecule has 252 valence electrons. The lowest BCUT2D eigenvalue weighted by atomic mass is 9.70. The highest BCUT2D eigenvalue weighted by Crippen LogP contribution is 2.49. The highest BCUT2D eigenvalue weighted by Gasteiger charge is 2.45. The summed E-state index contributed by atoms with van der Waals surface area (Å²) in [7, 11) is -1.65. The fourth-order valence-electron chi connectivity index (χ4n) is 7.42. The van der Waals surface area contributed by atoms with E-state index in [4.69, 9.17) is 21.1 Å². The van der Waals surface area contributed by atoms with Gasteiger partial charge in [0, 0.05) is 36.8 Å². The molecule has 2 N–H and O–H groups in total. The Morgan fingerprint density at radius 1 is 1.19 bits per heavy atom. The molecule has 12 heteroatoms. The largest absolute Gasteiger partial charge is 0.490 e. The van der Waals surface area contributed by atoms with Crippen LogP contribution in [0.1, 0.15) is 60.5 Å². The molecule has 47 heavy (non-hydrogen) atoms. The summed E-state index contributed by atoms with van der Waals surface area (Å²) >= 11 is 8.36. The molecule has 0 aromatic heterocycles. The summed E-state index contributed by atoms with van der Waals surface area (Å²) in [5.74, 6) is 1.74. The standard InChI is InChI=1S/C35H43ClN4O5S2/c1-22-4-3-5-31(44-2)28-11-6-25(28)18-40-20-35(29-12-8-26(36)16-23(29)14-15-46-35)21-45-32-13-7-24(17-30(32)40)33(41)38-47(43,19-22)39-34(42)37-27-9-10-27/h3,5,7-8,12-13,16-17,22,25,27-28,31H,4,6,9-11,14-15,18-21H2,1-2H3,(H2,37,38,39,41,42,43)/b5-3+/t22-,25-,28+,31-,35+,47-/m0/s1. The van der Waals surface area contributed by atoms with Gasteiger partial charge in [-0.05, 0) is 103 Å². The number of ether oxygens (including phenoxy) is 2. The van der Waals surface area contributed by atoms with Gasteiger partial charge in [0.15, 0.2) is 0 Å². The molecular weight excluding hydrogens is 656 g/mol. The maximum atomic E-state index is 14.2. The molecule has 0 saturated heterocycles. The van der Waals surface area contributed by atoms with Crippen molar-refractivity contribution in [1.29, 1.82) is 0 Å². The smallest absolute Gasteiger partial charge is 0.327 e. The minimum atomic E-state index is -3.42. The van der Waals surface area contributed by atoms with Crippen LogP contribution in [0, 0.1) is 17.8 Å². The molecule has 2 aliphatic carbocycles. The maximum Gasteiger partial charge on any atom is 0.327 e. The summed E-state index contributed by atoms with van der Waals surface area (Å²) < 4.78 is 33.3. The van der Waals surface area contributed by atoms with Crippen molar-refractivity contribution in [2.75, 3.05) is 43.2 Å². The number of hydrogen-bond donors (Lipinski definition) is 2. The highest BCUT2D eigenvalue weighted by atomic mass is 35.5. The number of methoxy groups -OCH3 is 1. The van der Waals surface area contributed by atoms with Crippen molar-refractivity contribution in [1.82, 2.24) is 10.0 Å². The highest BCUT2D eigenvalue weighted by molar-refractivity contribution is 8.00. The van der Waals surface area contributed by atoms with Crippen molar-refractivity contribution in [3.63, 3.8) is 0 Å². The van der Waals surface area contributed by atoms with Crippen LogP contribution in [0.5, 0.6) is 5.75 Å². The molecule has 2 saturated carbocycles. The van der Waals surface area contributed by atoms with Gasteiger partial charge in [-0.3, -0.25) is 9.52 Å². The summed E-state index contributed by atoms with van der Waals surface area (Å²) in [5, 5.41) is 3.56.